The van der Waals surface area contributed by atoms with Gasteiger partial charge in [0.1, 0.15) is 0 Å². The molecule has 0 aliphatic rings. The van der Waals surface area contributed by atoms with E-state index in [9.17, 15) is 4.79 Å². The second-order valence-electron chi connectivity index (χ2n) is 4.51. The molecule has 0 aliphatic carbocycles. The van der Waals surface area contributed by atoms with Crippen LogP contribution in [0.25, 0.3) is 0 Å². The van der Waals surface area contributed by atoms with Gasteiger partial charge in [-0.15, -0.1) is 0 Å². The summed E-state index contributed by atoms with van der Waals surface area (Å²) >= 11 is 0. The molecule has 0 aromatic rings. The van der Waals surface area contributed by atoms with Gasteiger partial charge in [0.05, 0.1) is 6.10 Å². The molecule has 2 atom stereocenters. The van der Waals surface area contributed by atoms with Crippen LogP contribution in [0.1, 0.15) is 52.4 Å². The Bertz CT molecular complexity index is 184. The van der Waals surface area contributed by atoms with Gasteiger partial charge in [0.2, 0.25) is 5.91 Å². The molecule has 4 nitrogen and oxygen atoms in total. The smallest absolute Gasteiger partial charge is 0.220 e. The Morgan fingerprint density at radius 1 is 1.25 bits per heavy atom. The molecule has 4 N–H and O–H groups in total. The molecule has 0 rings (SSSR count). The molecule has 0 bridgehead atoms. The van der Waals surface area contributed by atoms with E-state index in [4.69, 9.17) is 10.8 Å². The van der Waals surface area contributed by atoms with Crippen LogP contribution in [0.2, 0.25) is 0 Å². The second-order valence-corrected chi connectivity index (χ2v) is 4.51. The van der Waals surface area contributed by atoms with Crippen molar-refractivity contribution in [2.24, 2.45) is 5.73 Å². The molecule has 0 heterocycles. The number of hydrogen-bond acceptors (Lipinski definition) is 3. The summed E-state index contributed by atoms with van der Waals surface area (Å²) < 4.78 is 0. The lowest BCUT2D eigenvalue weighted by atomic mass is 10.1. The highest BCUT2D eigenvalue weighted by molar-refractivity contribution is 5.76. The van der Waals surface area contributed by atoms with Crippen molar-refractivity contribution in [1.29, 1.82) is 0 Å². The number of aliphatic hydroxyl groups excluding tert-OH is 1. The van der Waals surface area contributed by atoms with Crippen molar-refractivity contribution in [3.05, 3.63) is 0 Å². The zero-order chi connectivity index (χ0) is 12.4. The fourth-order valence-corrected chi connectivity index (χ4v) is 1.70. The number of nitrogens with one attached hydrogen (secondary N) is 1. The van der Waals surface area contributed by atoms with Crippen molar-refractivity contribution in [2.75, 3.05) is 6.54 Å². The van der Waals surface area contributed by atoms with Crippen molar-refractivity contribution >= 4 is 5.91 Å². The topological polar surface area (TPSA) is 75.3 Å². The van der Waals surface area contributed by atoms with Crippen LogP contribution in [0.3, 0.4) is 0 Å². The van der Waals surface area contributed by atoms with Gasteiger partial charge >= 0.3 is 0 Å². The van der Waals surface area contributed by atoms with Crippen molar-refractivity contribution < 1.29 is 9.90 Å². The fraction of sp³-hybridized carbons (Fsp3) is 0.917. The first-order valence-electron chi connectivity index (χ1n) is 6.23. The molecular weight excluding hydrogens is 204 g/mol. The summed E-state index contributed by atoms with van der Waals surface area (Å²) in [6, 6.07) is 0.0524. The highest BCUT2D eigenvalue weighted by atomic mass is 16.3. The van der Waals surface area contributed by atoms with Gasteiger partial charge < -0.3 is 16.2 Å². The Kier molecular flexibility index (Phi) is 9.24. The molecular formula is C12H26N2O2. The molecule has 0 saturated heterocycles. The summed E-state index contributed by atoms with van der Waals surface area (Å²) in [4.78, 5) is 11.5. The van der Waals surface area contributed by atoms with E-state index < -0.39 is 0 Å². The lowest BCUT2D eigenvalue weighted by molar-refractivity contribution is -0.121. The molecule has 16 heavy (non-hydrogen) atoms. The average Bonchev–Trinajstić information content (AvgIpc) is 2.15. The van der Waals surface area contributed by atoms with Crippen LogP contribution < -0.4 is 11.1 Å². The SMILES string of the molecule is CC(O)CC(C)NC(=O)CCCCCCN. The fourth-order valence-electron chi connectivity index (χ4n) is 1.70. The predicted octanol–water partition coefficient (Wildman–Crippen LogP) is 1.17. The molecule has 0 fully saturated rings. The maximum Gasteiger partial charge on any atom is 0.220 e. The van der Waals surface area contributed by atoms with Gasteiger partial charge in [0, 0.05) is 12.5 Å². The third-order valence-corrected chi connectivity index (χ3v) is 2.46. The summed E-state index contributed by atoms with van der Waals surface area (Å²) in [5.74, 6) is 0.0842. The van der Waals surface area contributed by atoms with Crippen LogP contribution in [0.15, 0.2) is 0 Å². The number of amides is 1. The summed E-state index contributed by atoms with van der Waals surface area (Å²) in [5, 5.41) is 12.0. The number of aliphatic hydroxyl groups is 1. The zero-order valence-corrected chi connectivity index (χ0v) is 10.5. The quantitative estimate of drug-likeness (QED) is 0.520. The van der Waals surface area contributed by atoms with Crippen LogP contribution in [0.5, 0.6) is 0 Å². The predicted molar refractivity (Wildman–Crippen MR) is 66.0 cm³/mol. The van der Waals surface area contributed by atoms with E-state index in [1.54, 1.807) is 6.92 Å². The highest BCUT2D eigenvalue weighted by Crippen LogP contribution is 2.03. The highest BCUT2D eigenvalue weighted by Gasteiger charge is 2.09. The Labute approximate surface area is 98.6 Å². The molecule has 4 heteroatoms. The number of nitrogens with two attached hydrogens (primary N) is 1. The largest absolute Gasteiger partial charge is 0.393 e. The van der Waals surface area contributed by atoms with E-state index in [0.29, 0.717) is 12.8 Å². The minimum Gasteiger partial charge on any atom is -0.393 e. The molecule has 0 aliphatic heterocycles. The number of hydrogen-bond donors (Lipinski definition) is 3. The summed E-state index contributed by atoms with van der Waals surface area (Å²) in [6.45, 7) is 4.38. The molecule has 2 unspecified atom stereocenters. The Morgan fingerprint density at radius 3 is 2.44 bits per heavy atom. The van der Waals surface area contributed by atoms with Crippen LogP contribution in [-0.2, 0) is 4.79 Å². The van der Waals surface area contributed by atoms with Crippen molar-refractivity contribution in [1.82, 2.24) is 5.32 Å². The number of carbonyl (C=O) groups excluding carboxylic acids is 1. The van der Waals surface area contributed by atoms with Crippen molar-refractivity contribution in [3.8, 4) is 0 Å². The van der Waals surface area contributed by atoms with Gasteiger partial charge in [0.25, 0.3) is 0 Å². The van der Waals surface area contributed by atoms with Gasteiger partial charge in [-0.3, -0.25) is 4.79 Å². The van der Waals surface area contributed by atoms with Crippen molar-refractivity contribution in [2.45, 2.75) is 64.5 Å². The van der Waals surface area contributed by atoms with E-state index in [-0.39, 0.29) is 18.1 Å². The van der Waals surface area contributed by atoms with Crippen molar-refractivity contribution in [3.63, 3.8) is 0 Å². The molecule has 0 aromatic carbocycles. The van der Waals surface area contributed by atoms with E-state index in [0.717, 1.165) is 32.2 Å². The van der Waals surface area contributed by atoms with E-state index >= 15 is 0 Å². The number of carbonyl (C=O) groups is 1. The number of unbranched alkanes of at least 4 members (excludes halogenated alkanes) is 3. The molecule has 0 radical (unpaired) electrons. The molecule has 0 aromatic heterocycles. The molecule has 0 spiro atoms. The van der Waals surface area contributed by atoms with Gasteiger partial charge in [-0.2, -0.15) is 0 Å². The lowest BCUT2D eigenvalue weighted by Crippen LogP contribution is -2.34. The summed E-state index contributed by atoms with van der Waals surface area (Å²) in [6.07, 6.45) is 4.96. The van der Waals surface area contributed by atoms with Crippen LogP contribution in [-0.4, -0.2) is 29.7 Å². The van der Waals surface area contributed by atoms with E-state index in [2.05, 4.69) is 5.32 Å². The third kappa shape index (κ3) is 9.93. The zero-order valence-electron chi connectivity index (χ0n) is 10.5. The van der Waals surface area contributed by atoms with E-state index in [1.807, 2.05) is 6.92 Å². The minimum atomic E-state index is -0.361. The Balaban J connectivity index is 3.43. The molecule has 1 amide bonds. The minimum absolute atomic E-state index is 0.0524. The molecule has 96 valence electrons. The first-order chi connectivity index (χ1) is 7.56. The first-order valence-corrected chi connectivity index (χ1v) is 6.23. The Morgan fingerprint density at radius 2 is 1.88 bits per heavy atom. The van der Waals surface area contributed by atoms with Crippen LogP contribution >= 0.6 is 0 Å². The number of rotatable bonds is 9. The van der Waals surface area contributed by atoms with Gasteiger partial charge in [-0.05, 0) is 39.7 Å². The Hall–Kier alpha value is -0.610. The van der Waals surface area contributed by atoms with Crippen LogP contribution in [0.4, 0.5) is 0 Å². The lowest BCUT2D eigenvalue weighted by Gasteiger charge is -2.15. The van der Waals surface area contributed by atoms with Crippen LogP contribution in [0, 0.1) is 0 Å². The first kappa shape index (κ1) is 15.4. The van der Waals surface area contributed by atoms with E-state index in [1.165, 1.54) is 0 Å². The third-order valence-electron chi connectivity index (χ3n) is 2.46. The molecule has 0 saturated carbocycles. The maximum atomic E-state index is 11.5. The second kappa shape index (κ2) is 9.60. The summed E-state index contributed by atoms with van der Waals surface area (Å²) in [7, 11) is 0. The monoisotopic (exact) mass is 230 g/mol. The van der Waals surface area contributed by atoms with Gasteiger partial charge in [-0.1, -0.05) is 12.8 Å². The maximum absolute atomic E-state index is 11.5. The normalized spacial score (nSPS) is 14.5. The standard InChI is InChI=1S/C12H26N2O2/c1-10(9-11(2)15)14-12(16)7-5-3-4-6-8-13/h10-11,15H,3-9,13H2,1-2H3,(H,14,16). The van der Waals surface area contributed by atoms with Gasteiger partial charge in [0.15, 0.2) is 0 Å². The van der Waals surface area contributed by atoms with Gasteiger partial charge in [-0.25, -0.2) is 0 Å². The average molecular weight is 230 g/mol. The summed E-state index contributed by atoms with van der Waals surface area (Å²) in [5.41, 5.74) is 5.38.